The van der Waals surface area contributed by atoms with Crippen LogP contribution >= 0.6 is 11.3 Å². The van der Waals surface area contributed by atoms with Crippen LogP contribution in [0.1, 0.15) is 28.5 Å². The number of carbonyl (C=O) groups excluding carboxylic acids is 2. The van der Waals surface area contributed by atoms with Gasteiger partial charge in [-0.25, -0.2) is 9.99 Å². The molecule has 1 aromatic heterocycles. The number of para-hydroxylation sites is 1. The molecule has 0 saturated heterocycles. The Morgan fingerprint density at radius 1 is 0.775 bits per heavy atom. The van der Waals surface area contributed by atoms with Crippen molar-refractivity contribution in [3.63, 3.8) is 0 Å². The average Bonchev–Trinajstić information content (AvgIpc) is 3.49. The van der Waals surface area contributed by atoms with E-state index in [-0.39, 0.29) is 11.6 Å². The van der Waals surface area contributed by atoms with Gasteiger partial charge in [0.15, 0.2) is 0 Å². The van der Waals surface area contributed by atoms with Crippen molar-refractivity contribution in [3.8, 4) is 22.1 Å². The summed E-state index contributed by atoms with van der Waals surface area (Å²) >= 11 is 1.33. The van der Waals surface area contributed by atoms with Gasteiger partial charge in [-0.3, -0.25) is 15.0 Å². The van der Waals surface area contributed by atoms with Gasteiger partial charge in [-0.1, -0.05) is 72.8 Å². The molecule has 0 unspecified atom stereocenters. The number of carbonyl (C=O) groups is 2. The van der Waals surface area contributed by atoms with Crippen LogP contribution in [0.25, 0.3) is 10.6 Å². The molecule has 0 aliphatic carbocycles. The van der Waals surface area contributed by atoms with Crippen LogP contribution in [0.3, 0.4) is 0 Å². The van der Waals surface area contributed by atoms with Crippen molar-refractivity contribution in [2.75, 3.05) is 5.01 Å². The zero-order chi connectivity index (χ0) is 27.7. The first kappa shape index (κ1) is 26.6. The maximum atomic E-state index is 13.5. The van der Waals surface area contributed by atoms with Crippen molar-refractivity contribution >= 4 is 28.8 Å². The van der Waals surface area contributed by atoms with E-state index in [4.69, 9.17) is 9.47 Å². The second-order valence-corrected chi connectivity index (χ2v) is 9.74. The normalized spacial score (nSPS) is 10.5. The van der Waals surface area contributed by atoms with Crippen LogP contribution in [0.15, 0.2) is 115 Å². The van der Waals surface area contributed by atoms with Gasteiger partial charge in [0.2, 0.25) is 5.91 Å². The SMILES string of the molecule is CC(=O)NN(C(=O)c1csc(-c2ccccc2OCc2ccccc2)n1)c1ccc(OCc2ccccc2)cc1. The van der Waals surface area contributed by atoms with Gasteiger partial charge < -0.3 is 9.47 Å². The van der Waals surface area contributed by atoms with Gasteiger partial charge in [-0.15, -0.1) is 11.3 Å². The van der Waals surface area contributed by atoms with Crippen molar-refractivity contribution in [1.29, 1.82) is 0 Å². The quantitative estimate of drug-likeness (QED) is 0.208. The van der Waals surface area contributed by atoms with E-state index in [9.17, 15) is 9.59 Å². The van der Waals surface area contributed by atoms with Crippen molar-refractivity contribution < 1.29 is 19.1 Å². The van der Waals surface area contributed by atoms with Crippen molar-refractivity contribution in [2.24, 2.45) is 0 Å². The number of nitrogens with one attached hydrogen (secondary N) is 1. The minimum Gasteiger partial charge on any atom is -0.489 e. The van der Waals surface area contributed by atoms with E-state index < -0.39 is 5.91 Å². The first-order valence-electron chi connectivity index (χ1n) is 12.7. The molecule has 0 bridgehead atoms. The predicted octanol–water partition coefficient (Wildman–Crippen LogP) is 6.67. The van der Waals surface area contributed by atoms with Gasteiger partial charge >= 0.3 is 0 Å². The third kappa shape index (κ3) is 6.73. The Labute approximate surface area is 236 Å². The molecule has 4 aromatic carbocycles. The Morgan fingerprint density at radius 2 is 1.38 bits per heavy atom. The molecule has 7 nitrogen and oxygen atoms in total. The second-order valence-electron chi connectivity index (χ2n) is 8.89. The molecule has 0 spiro atoms. The molecule has 200 valence electrons. The zero-order valence-corrected chi connectivity index (χ0v) is 22.6. The third-order valence-electron chi connectivity index (χ3n) is 5.89. The molecule has 5 rings (SSSR count). The lowest BCUT2D eigenvalue weighted by Gasteiger charge is -2.22. The third-order valence-corrected chi connectivity index (χ3v) is 6.77. The highest BCUT2D eigenvalue weighted by Crippen LogP contribution is 2.33. The maximum Gasteiger partial charge on any atom is 0.296 e. The van der Waals surface area contributed by atoms with Gasteiger partial charge in [-0.2, -0.15) is 0 Å². The summed E-state index contributed by atoms with van der Waals surface area (Å²) in [5.41, 5.74) is 6.18. The molecule has 5 aromatic rings. The fraction of sp³-hybridized carbons (Fsp3) is 0.0938. The summed E-state index contributed by atoms with van der Waals surface area (Å²) in [7, 11) is 0. The Morgan fingerprint density at radius 3 is 2.02 bits per heavy atom. The number of rotatable bonds is 9. The molecular formula is C32H27N3O4S. The molecule has 0 radical (unpaired) electrons. The van der Waals surface area contributed by atoms with Crippen LogP contribution < -0.4 is 19.9 Å². The van der Waals surface area contributed by atoms with Crippen LogP contribution in [0.2, 0.25) is 0 Å². The number of nitrogens with zero attached hydrogens (tertiary/aromatic N) is 2. The number of ether oxygens (including phenoxy) is 2. The van der Waals surface area contributed by atoms with Gasteiger partial charge in [0.05, 0.1) is 11.3 Å². The molecule has 0 saturated carbocycles. The lowest BCUT2D eigenvalue weighted by molar-refractivity contribution is -0.119. The smallest absolute Gasteiger partial charge is 0.296 e. The first-order valence-corrected chi connectivity index (χ1v) is 13.5. The summed E-state index contributed by atoms with van der Waals surface area (Å²) < 4.78 is 11.9. The van der Waals surface area contributed by atoms with Gasteiger partial charge in [-0.05, 0) is 47.5 Å². The van der Waals surface area contributed by atoms with E-state index in [1.54, 1.807) is 29.6 Å². The predicted molar refractivity (Wildman–Crippen MR) is 156 cm³/mol. The topological polar surface area (TPSA) is 80.8 Å². The minimum atomic E-state index is -0.460. The number of amides is 2. The van der Waals surface area contributed by atoms with E-state index in [1.165, 1.54) is 23.3 Å². The zero-order valence-electron chi connectivity index (χ0n) is 21.8. The van der Waals surface area contributed by atoms with Crippen molar-refractivity contribution in [1.82, 2.24) is 10.4 Å². The van der Waals surface area contributed by atoms with Crippen molar-refractivity contribution in [3.05, 3.63) is 131 Å². The van der Waals surface area contributed by atoms with E-state index in [0.717, 1.165) is 16.7 Å². The van der Waals surface area contributed by atoms with Gasteiger partial charge in [0.1, 0.15) is 35.4 Å². The Kier molecular flexibility index (Phi) is 8.48. The number of hydrogen-bond donors (Lipinski definition) is 1. The van der Waals surface area contributed by atoms with Crippen LogP contribution in [0.5, 0.6) is 11.5 Å². The summed E-state index contributed by atoms with van der Waals surface area (Å²) in [6.07, 6.45) is 0. The largest absolute Gasteiger partial charge is 0.489 e. The molecule has 0 fully saturated rings. The Bertz CT molecular complexity index is 1570. The number of hydrogen-bond acceptors (Lipinski definition) is 6. The molecule has 0 aliphatic rings. The van der Waals surface area contributed by atoms with Crippen LogP contribution in [-0.2, 0) is 18.0 Å². The Hall–Kier alpha value is -4.95. The van der Waals surface area contributed by atoms with Crippen LogP contribution in [0.4, 0.5) is 5.69 Å². The van der Waals surface area contributed by atoms with Crippen LogP contribution in [0, 0.1) is 0 Å². The summed E-state index contributed by atoms with van der Waals surface area (Å²) in [4.78, 5) is 30.1. The lowest BCUT2D eigenvalue weighted by atomic mass is 10.2. The number of hydrazine groups is 1. The summed E-state index contributed by atoms with van der Waals surface area (Å²) in [6, 6.07) is 34.3. The number of thiazole rings is 1. The lowest BCUT2D eigenvalue weighted by Crippen LogP contribution is -2.45. The van der Waals surface area contributed by atoms with E-state index in [0.29, 0.717) is 35.4 Å². The molecule has 2 amide bonds. The fourth-order valence-corrected chi connectivity index (χ4v) is 4.76. The molecular weight excluding hydrogens is 522 g/mol. The highest BCUT2D eigenvalue weighted by atomic mass is 32.1. The number of anilines is 1. The monoisotopic (exact) mass is 549 g/mol. The standard InChI is InChI=1S/C32H27N3O4S/c1-23(36)34-35(26-16-18-27(19-17-26)38-20-24-10-4-2-5-11-24)32(37)29-22-40-31(33-29)28-14-8-9-15-30(28)39-21-25-12-6-3-7-13-25/h2-19,22H,20-21H2,1H3,(H,34,36). The van der Waals surface area contributed by atoms with E-state index in [2.05, 4.69) is 10.4 Å². The van der Waals surface area contributed by atoms with Crippen molar-refractivity contribution in [2.45, 2.75) is 20.1 Å². The highest BCUT2D eigenvalue weighted by Gasteiger charge is 2.23. The van der Waals surface area contributed by atoms with E-state index in [1.807, 2.05) is 84.9 Å². The molecule has 1 heterocycles. The fourth-order valence-electron chi connectivity index (χ4n) is 3.94. The minimum absolute atomic E-state index is 0.205. The van der Waals surface area contributed by atoms with Crippen LogP contribution in [-0.4, -0.2) is 16.8 Å². The molecule has 0 aliphatic heterocycles. The Balaban J connectivity index is 1.32. The molecule has 1 N–H and O–H groups in total. The van der Waals surface area contributed by atoms with Gasteiger partial charge in [0.25, 0.3) is 5.91 Å². The van der Waals surface area contributed by atoms with Gasteiger partial charge in [0, 0.05) is 12.3 Å². The average molecular weight is 550 g/mol. The number of aromatic nitrogens is 1. The number of benzene rings is 4. The molecule has 0 atom stereocenters. The first-order chi connectivity index (χ1) is 19.6. The molecule has 40 heavy (non-hydrogen) atoms. The maximum absolute atomic E-state index is 13.5. The summed E-state index contributed by atoms with van der Waals surface area (Å²) in [6.45, 7) is 2.19. The summed E-state index contributed by atoms with van der Waals surface area (Å²) in [5.74, 6) is 0.474. The molecule has 8 heteroatoms. The highest BCUT2D eigenvalue weighted by molar-refractivity contribution is 7.13. The second kappa shape index (κ2) is 12.7. The van der Waals surface area contributed by atoms with E-state index >= 15 is 0 Å². The summed E-state index contributed by atoms with van der Waals surface area (Å²) in [5, 5.41) is 3.51.